The van der Waals surface area contributed by atoms with Crippen molar-refractivity contribution in [3.05, 3.63) is 68.2 Å². The van der Waals surface area contributed by atoms with Crippen LogP contribution in [0.4, 0.5) is 0 Å². The quantitative estimate of drug-likeness (QED) is 0.340. The summed E-state index contributed by atoms with van der Waals surface area (Å²) in [4.78, 5) is 6.85. The molecule has 0 amide bonds. The Morgan fingerprint density at radius 2 is 1.18 bits per heavy atom. The van der Waals surface area contributed by atoms with Crippen LogP contribution in [-0.2, 0) is 21.1 Å². The molecule has 6 N–H and O–H groups in total. The summed E-state index contributed by atoms with van der Waals surface area (Å²) in [5, 5.41) is 0. The van der Waals surface area contributed by atoms with Crippen LogP contribution in [0.2, 0.25) is 0 Å². The molecule has 1 aromatic rings. The summed E-state index contributed by atoms with van der Waals surface area (Å²) in [7, 11) is 0. The summed E-state index contributed by atoms with van der Waals surface area (Å²) in [5.41, 5.74) is 28.3. The van der Waals surface area contributed by atoms with Crippen LogP contribution in [0.5, 0.6) is 0 Å². The van der Waals surface area contributed by atoms with Crippen molar-refractivity contribution in [1.29, 1.82) is 0 Å². The van der Waals surface area contributed by atoms with Crippen LogP contribution >= 0.6 is 0 Å². The Morgan fingerprint density at radius 3 is 1.29 bits per heavy atom. The van der Waals surface area contributed by atoms with Crippen LogP contribution in [0.15, 0.2) is 24.5 Å². The van der Waals surface area contributed by atoms with Crippen molar-refractivity contribution in [2.24, 2.45) is 0 Å². The zero-order chi connectivity index (χ0) is 10.5. The molecule has 0 saturated heterocycles. The Hall–Kier alpha value is -1.66. The molecule has 0 fully saturated rings. The van der Waals surface area contributed by atoms with Gasteiger partial charge in [-0.1, -0.05) is 0 Å². The number of aryl methyl sites for hydroxylation is 1. The summed E-state index contributed by atoms with van der Waals surface area (Å²) in [6.07, 6.45) is 3.57. The maximum atomic E-state index is 6.75. The van der Waals surface area contributed by atoms with Gasteiger partial charge in [0, 0.05) is 33.5 Å². The topological polar surface area (TPSA) is 227 Å². The van der Waals surface area contributed by atoms with E-state index in [1.165, 1.54) is 15.4 Å². The summed E-state index contributed by atoms with van der Waals surface area (Å²) < 4.78 is 0. The molecule has 17 heavy (non-hydrogen) atoms. The third kappa shape index (κ3) is 54.3. The number of hydrogen-bond acceptors (Lipinski definition) is 1. The first-order valence-corrected chi connectivity index (χ1v) is 3.06. The molecule has 1 aromatic heterocycles. The van der Waals surface area contributed by atoms with Crippen molar-refractivity contribution in [2.75, 3.05) is 0 Å². The largest absolute Gasteiger partial charge is 0.693 e. The van der Waals surface area contributed by atoms with Gasteiger partial charge in [0.1, 0.15) is 0 Å². The molecule has 0 unspecified atom stereocenters. The average Bonchev–Trinajstić information content (AvgIpc) is 2.08. The number of pyridine rings is 1. The van der Waals surface area contributed by atoms with Crippen LogP contribution < -0.4 is 0 Å². The number of nitrogens with zero attached hydrogens (tertiary/aromatic N) is 7. The average molecular weight is 424 g/mol. The Kier molecular flexibility index (Phi) is 78.0. The fourth-order valence-corrected chi connectivity index (χ4v) is 0.426. The molecule has 0 atom stereocenters. The van der Waals surface area contributed by atoms with Crippen LogP contribution in [0.3, 0.4) is 0 Å². The van der Waals surface area contributed by atoms with Gasteiger partial charge in [-0.05, 0) is 24.6 Å². The normalized spacial score (nSPS) is 4.53. The van der Waals surface area contributed by atoms with Crippen molar-refractivity contribution in [3.8, 4) is 0 Å². The van der Waals surface area contributed by atoms with E-state index in [-0.39, 0.29) is 38.2 Å². The molecule has 0 aliphatic carbocycles. The van der Waals surface area contributed by atoms with Gasteiger partial charge >= 0.3 is 0 Å². The number of nitrogens with two attached hydrogens (primary N) is 1. The number of aromatic nitrogens is 1. The van der Waals surface area contributed by atoms with Gasteiger partial charge in [-0.2, -0.15) is 0 Å². The first kappa shape index (κ1) is 36.2. The minimum Gasteiger partial charge on any atom is -0.693 e. The van der Waals surface area contributed by atoms with Crippen LogP contribution in [0.25, 0.3) is 38.1 Å². The van der Waals surface area contributed by atoms with E-state index in [9.17, 15) is 0 Å². The van der Waals surface area contributed by atoms with Gasteiger partial charge < -0.3 is 39.2 Å². The van der Waals surface area contributed by atoms with E-state index in [1.54, 1.807) is 12.4 Å². The van der Waals surface area contributed by atoms with Crippen molar-refractivity contribution in [1.82, 2.24) is 4.98 Å². The predicted molar refractivity (Wildman–Crippen MR) is 61.6 cm³/mol. The van der Waals surface area contributed by atoms with Crippen molar-refractivity contribution >= 4 is 0 Å². The molecule has 10 nitrogen and oxygen atoms in total. The van der Waals surface area contributed by atoms with Crippen LogP contribution in [-0.4, -0.2) is 15.9 Å². The minimum absolute atomic E-state index is 0. The van der Waals surface area contributed by atoms with Crippen LogP contribution in [0.1, 0.15) is 5.56 Å². The van der Waals surface area contributed by atoms with E-state index in [2.05, 4.69) is 4.98 Å². The Morgan fingerprint density at radius 1 is 0.941 bits per heavy atom. The monoisotopic (exact) mass is 424 g/mol. The molecule has 102 valence electrons. The second kappa shape index (κ2) is 36.7. The third-order valence-corrected chi connectivity index (χ3v) is 0.847. The summed E-state index contributed by atoms with van der Waals surface area (Å²) >= 11 is 0. The van der Waals surface area contributed by atoms with Gasteiger partial charge in [-0.15, -0.1) is 0 Å². The molecule has 0 aromatic carbocycles. The molecule has 1 heterocycles. The van der Waals surface area contributed by atoms with Gasteiger partial charge in [-0.3, -0.25) is 14.8 Å². The molecule has 11 heteroatoms. The van der Waals surface area contributed by atoms with Crippen LogP contribution in [0, 0.1) is 6.92 Å². The van der Waals surface area contributed by atoms with Crippen molar-refractivity contribution in [3.63, 3.8) is 0 Å². The van der Waals surface area contributed by atoms with E-state index >= 15 is 0 Å². The van der Waals surface area contributed by atoms with E-state index < -0.39 is 0 Å². The molecule has 0 saturated carbocycles. The maximum Gasteiger partial charge on any atom is 0.0270 e. The fraction of sp³-hybridized carbons (Fsp3) is 0.167. The molecule has 0 bridgehead atoms. The standard InChI is InChI=1S/C6H7N.2N3.H2N.2H2O.Pt/c1-6-2-4-7-5-3-6;2*1-3-2;;;;/h2-5H,1H3;;;3*1H2;/q;3*-1;;;. The first-order valence-electron chi connectivity index (χ1n) is 3.06. The molecule has 0 aliphatic rings. The van der Waals surface area contributed by atoms with Gasteiger partial charge in [0.2, 0.25) is 0 Å². The first-order chi connectivity index (χ1) is 6.22. The van der Waals surface area contributed by atoms with Gasteiger partial charge in [0.05, 0.1) is 0 Å². The maximum absolute atomic E-state index is 6.75. The Bertz CT molecular complexity index is 271. The summed E-state index contributed by atoms with van der Waals surface area (Å²) in [5.74, 6) is 0. The van der Waals surface area contributed by atoms with Gasteiger partial charge in [-0.25, -0.2) is 0 Å². The molecule has 0 spiro atoms. The number of rotatable bonds is 0. The molecule has 0 aliphatic heterocycles. The van der Waals surface area contributed by atoms with Crippen molar-refractivity contribution < 1.29 is 32.0 Å². The Labute approximate surface area is 112 Å². The van der Waals surface area contributed by atoms with E-state index in [0.717, 1.165) is 0 Å². The molecule has 0 radical (unpaired) electrons. The van der Waals surface area contributed by atoms with Gasteiger partial charge in [0.15, 0.2) is 0 Å². The number of hydrogen-bond donors (Lipinski definition) is 0. The molecular formula is C6H13N8O2Pt-3. The zero-order valence-electron chi connectivity index (χ0n) is 8.83. The SMILES string of the molecule is Cc1ccncc1.O.O.[N-]=[N+]=[N-].[N-]=[N+]=[N-].[NH2-].[Pt]. The second-order valence-electron chi connectivity index (χ2n) is 1.70. The molecule has 1 rings (SSSR count). The predicted octanol–water partition coefficient (Wildman–Crippen LogP) is 2.19. The van der Waals surface area contributed by atoms with Crippen molar-refractivity contribution in [2.45, 2.75) is 6.92 Å². The summed E-state index contributed by atoms with van der Waals surface area (Å²) in [6, 6.07) is 3.94. The fourth-order valence-electron chi connectivity index (χ4n) is 0.426. The smallest absolute Gasteiger partial charge is 0.0270 e. The minimum atomic E-state index is 0. The van der Waals surface area contributed by atoms with Gasteiger partial charge in [0.25, 0.3) is 0 Å². The van der Waals surface area contributed by atoms with E-state index in [1.807, 2.05) is 19.1 Å². The summed E-state index contributed by atoms with van der Waals surface area (Å²) in [6.45, 7) is 2.04. The third-order valence-electron chi connectivity index (χ3n) is 0.847. The van der Waals surface area contributed by atoms with E-state index in [0.29, 0.717) is 0 Å². The zero-order valence-corrected chi connectivity index (χ0v) is 11.1. The Balaban J connectivity index is -0.0000000271. The van der Waals surface area contributed by atoms with E-state index in [4.69, 9.17) is 22.1 Å². The molecular weight excluding hydrogens is 411 g/mol. The second-order valence-corrected chi connectivity index (χ2v) is 1.70.